The molecule has 0 rings (SSSR count). The predicted molar refractivity (Wildman–Crippen MR) is 318 cm³/mol. The zero-order valence-corrected chi connectivity index (χ0v) is 48.5. The second kappa shape index (κ2) is 62.9. The highest BCUT2D eigenvalue weighted by Gasteiger charge is 2.18. The normalized spacial score (nSPS) is 12.9. The first-order valence-electron chi connectivity index (χ1n) is 32.7. The summed E-state index contributed by atoms with van der Waals surface area (Å²) >= 11 is 0. The molecule has 0 bridgehead atoms. The van der Waals surface area contributed by atoms with Crippen LogP contribution in [0.3, 0.4) is 0 Å². The van der Waals surface area contributed by atoms with Crippen LogP contribution in [0, 0.1) is 0 Å². The van der Waals surface area contributed by atoms with Crippen LogP contribution in [0.15, 0.2) is 36.5 Å². The molecule has 0 saturated heterocycles. The molecule has 0 aliphatic heterocycles. The summed E-state index contributed by atoms with van der Waals surface area (Å²) in [7, 11) is 0. The van der Waals surface area contributed by atoms with Gasteiger partial charge in [0.25, 0.3) is 0 Å². The summed E-state index contributed by atoms with van der Waals surface area (Å²) in [5.74, 6) is -0.0582. The quantitative estimate of drug-likeness (QED) is 0.0420. The molecule has 0 aliphatic carbocycles. The van der Waals surface area contributed by atoms with Crippen molar-refractivity contribution in [1.82, 2.24) is 5.32 Å². The first-order chi connectivity index (χ1) is 35.2. The molecule has 1 amide bonds. The summed E-state index contributed by atoms with van der Waals surface area (Å²) < 4.78 is 0. The number of carbonyl (C=O) groups excluding carboxylic acids is 1. The lowest BCUT2D eigenvalue weighted by Crippen LogP contribution is -2.45. The van der Waals surface area contributed by atoms with E-state index in [2.05, 4.69) is 43.5 Å². The molecule has 0 saturated carbocycles. The Hall–Kier alpha value is -1.39. The van der Waals surface area contributed by atoms with Crippen molar-refractivity contribution < 1.29 is 15.0 Å². The van der Waals surface area contributed by atoms with Crippen molar-refractivity contribution in [2.75, 3.05) is 6.61 Å². The fraction of sp³-hybridized carbons (Fsp3) is 0.896. The van der Waals surface area contributed by atoms with Crippen LogP contribution in [0.4, 0.5) is 0 Å². The molecule has 0 aromatic carbocycles. The van der Waals surface area contributed by atoms with E-state index in [1.807, 2.05) is 6.08 Å². The van der Waals surface area contributed by atoms with E-state index >= 15 is 0 Å². The van der Waals surface area contributed by atoms with E-state index in [9.17, 15) is 15.0 Å². The maximum absolute atomic E-state index is 12.5. The van der Waals surface area contributed by atoms with E-state index in [0.717, 1.165) is 32.1 Å². The number of unbranched alkanes of at least 4 members (excludes halogenated alkanes) is 50. The van der Waals surface area contributed by atoms with Crippen molar-refractivity contribution in [3.63, 3.8) is 0 Å². The smallest absolute Gasteiger partial charge is 0.220 e. The highest BCUT2D eigenvalue weighted by Crippen LogP contribution is 2.18. The van der Waals surface area contributed by atoms with E-state index in [-0.39, 0.29) is 12.5 Å². The van der Waals surface area contributed by atoms with E-state index in [0.29, 0.717) is 6.42 Å². The average molecular weight is 997 g/mol. The Kier molecular flexibility index (Phi) is 61.7. The molecule has 0 aromatic heterocycles. The molecule has 2 unspecified atom stereocenters. The molecular formula is C67H129NO3. The second-order valence-corrected chi connectivity index (χ2v) is 22.5. The van der Waals surface area contributed by atoms with Gasteiger partial charge in [0.2, 0.25) is 5.91 Å². The number of hydrogen-bond acceptors (Lipinski definition) is 3. The summed E-state index contributed by atoms with van der Waals surface area (Å²) in [6.45, 7) is 4.34. The van der Waals surface area contributed by atoms with E-state index in [1.165, 1.54) is 315 Å². The summed E-state index contributed by atoms with van der Waals surface area (Å²) in [4.78, 5) is 12.5. The maximum atomic E-state index is 12.5. The minimum atomic E-state index is -0.840. The number of aliphatic hydroxyl groups excluding tert-OH is 2. The molecule has 0 spiro atoms. The van der Waals surface area contributed by atoms with Crippen LogP contribution in [0.25, 0.3) is 0 Å². The van der Waals surface area contributed by atoms with Crippen LogP contribution in [0.2, 0.25) is 0 Å². The Labute approximate surface area is 446 Å². The van der Waals surface area contributed by atoms with Crippen LogP contribution in [-0.2, 0) is 4.79 Å². The third-order valence-electron chi connectivity index (χ3n) is 15.4. The number of allylic oxidation sites excluding steroid dienone is 5. The van der Waals surface area contributed by atoms with Crippen molar-refractivity contribution in [2.24, 2.45) is 0 Å². The molecule has 0 aromatic rings. The predicted octanol–water partition coefficient (Wildman–Crippen LogP) is 22.0. The van der Waals surface area contributed by atoms with Gasteiger partial charge in [-0.15, -0.1) is 0 Å². The summed E-state index contributed by atoms with van der Waals surface area (Å²) in [6, 6.07) is -0.623. The molecule has 0 fully saturated rings. The Morgan fingerprint density at radius 2 is 0.577 bits per heavy atom. The number of carbonyl (C=O) groups is 1. The second-order valence-electron chi connectivity index (χ2n) is 22.5. The molecule has 0 radical (unpaired) electrons. The Morgan fingerprint density at radius 1 is 0.338 bits per heavy atom. The van der Waals surface area contributed by atoms with Gasteiger partial charge in [0.15, 0.2) is 0 Å². The van der Waals surface area contributed by atoms with Gasteiger partial charge < -0.3 is 15.5 Å². The highest BCUT2D eigenvalue weighted by molar-refractivity contribution is 5.76. The average Bonchev–Trinajstić information content (AvgIpc) is 3.37. The summed E-state index contributed by atoms with van der Waals surface area (Å²) in [6.07, 6.45) is 86.4. The minimum absolute atomic E-state index is 0.0582. The molecule has 2 atom stereocenters. The van der Waals surface area contributed by atoms with Gasteiger partial charge in [-0.05, 0) is 51.4 Å². The van der Waals surface area contributed by atoms with Gasteiger partial charge in [-0.3, -0.25) is 4.79 Å². The van der Waals surface area contributed by atoms with Crippen molar-refractivity contribution in [3.05, 3.63) is 36.5 Å². The van der Waals surface area contributed by atoms with Crippen molar-refractivity contribution in [1.29, 1.82) is 0 Å². The Bertz CT molecular complexity index is 1080. The van der Waals surface area contributed by atoms with E-state index in [4.69, 9.17) is 0 Å². The molecule has 71 heavy (non-hydrogen) atoms. The largest absolute Gasteiger partial charge is 0.394 e. The fourth-order valence-electron chi connectivity index (χ4n) is 10.4. The number of rotatable bonds is 61. The number of aliphatic hydroxyl groups is 2. The molecule has 3 N–H and O–H groups in total. The lowest BCUT2D eigenvalue weighted by Gasteiger charge is -2.20. The molecule has 0 heterocycles. The SMILES string of the molecule is CCCCCCC/C=C\C/C=C\CCCCCCCCCCCCCCCCCC(=O)NC(CO)C(O)/C=C/CCCCCCCCCCCCCCCCCCCCCCCCCCCCCCCC. The van der Waals surface area contributed by atoms with Gasteiger partial charge in [0.05, 0.1) is 18.8 Å². The van der Waals surface area contributed by atoms with E-state index in [1.54, 1.807) is 6.08 Å². The monoisotopic (exact) mass is 996 g/mol. The molecule has 4 heteroatoms. The Morgan fingerprint density at radius 3 is 0.845 bits per heavy atom. The van der Waals surface area contributed by atoms with Crippen molar-refractivity contribution in [3.8, 4) is 0 Å². The standard InChI is InChI=1S/C67H129NO3/c1-3-5-7-9-11-13-15-17-19-21-23-25-27-29-31-32-33-34-35-37-38-40-42-44-46-48-50-52-54-56-58-60-62-66(70)65(64-69)68-67(71)63-61-59-57-55-53-51-49-47-45-43-41-39-36-30-28-26-24-22-20-18-16-14-12-10-8-6-4-2/h16,18,22,24,60,62,65-66,69-70H,3-15,17,19-21,23,25-59,61,63-64H2,1-2H3,(H,68,71)/b18-16-,24-22-,62-60+. The highest BCUT2D eigenvalue weighted by atomic mass is 16.3. The topological polar surface area (TPSA) is 69.6 Å². The first kappa shape index (κ1) is 69.6. The first-order valence-corrected chi connectivity index (χ1v) is 32.7. The van der Waals surface area contributed by atoms with Crippen LogP contribution >= 0.6 is 0 Å². The van der Waals surface area contributed by atoms with Crippen molar-refractivity contribution >= 4 is 5.91 Å². The van der Waals surface area contributed by atoms with Gasteiger partial charge in [0.1, 0.15) is 0 Å². The number of hydrogen-bond donors (Lipinski definition) is 3. The van der Waals surface area contributed by atoms with E-state index < -0.39 is 12.1 Å². The third-order valence-corrected chi connectivity index (χ3v) is 15.4. The van der Waals surface area contributed by atoms with Crippen LogP contribution in [0.5, 0.6) is 0 Å². The van der Waals surface area contributed by atoms with Gasteiger partial charge in [-0.2, -0.15) is 0 Å². The molecule has 0 aliphatic rings. The number of amides is 1. The van der Waals surface area contributed by atoms with Crippen LogP contribution in [0.1, 0.15) is 367 Å². The van der Waals surface area contributed by atoms with Gasteiger partial charge >= 0.3 is 0 Å². The Balaban J connectivity index is 3.43. The van der Waals surface area contributed by atoms with Crippen LogP contribution < -0.4 is 5.32 Å². The molecule has 420 valence electrons. The van der Waals surface area contributed by atoms with Crippen LogP contribution in [-0.4, -0.2) is 34.9 Å². The maximum Gasteiger partial charge on any atom is 0.220 e. The third kappa shape index (κ3) is 59.4. The molecule has 4 nitrogen and oxygen atoms in total. The van der Waals surface area contributed by atoms with Gasteiger partial charge in [-0.1, -0.05) is 346 Å². The summed E-state index contributed by atoms with van der Waals surface area (Å²) in [5, 5.41) is 23.3. The fourth-order valence-corrected chi connectivity index (χ4v) is 10.4. The zero-order chi connectivity index (χ0) is 51.3. The number of nitrogens with one attached hydrogen (secondary N) is 1. The summed E-state index contributed by atoms with van der Waals surface area (Å²) in [5.41, 5.74) is 0. The zero-order valence-electron chi connectivity index (χ0n) is 48.5. The van der Waals surface area contributed by atoms with Gasteiger partial charge in [0, 0.05) is 6.42 Å². The lowest BCUT2D eigenvalue weighted by atomic mass is 10.0. The minimum Gasteiger partial charge on any atom is -0.394 e. The van der Waals surface area contributed by atoms with Crippen molar-refractivity contribution in [2.45, 2.75) is 379 Å². The lowest BCUT2D eigenvalue weighted by molar-refractivity contribution is -0.123. The molecular weight excluding hydrogens is 867 g/mol. The van der Waals surface area contributed by atoms with Gasteiger partial charge in [-0.25, -0.2) is 0 Å².